The van der Waals surface area contributed by atoms with E-state index in [9.17, 15) is 18.0 Å². The molecule has 100 valence electrons. The maximum absolute atomic E-state index is 12.5. The lowest BCUT2D eigenvalue weighted by Gasteiger charge is -2.17. The lowest BCUT2D eigenvalue weighted by atomic mass is 10.0. The Morgan fingerprint density at radius 1 is 1.32 bits per heavy atom. The molecule has 1 N–H and O–H groups in total. The van der Waals surface area contributed by atoms with Crippen molar-refractivity contribution in [2.75, 3.05) is 0 Å². The van der Waals surface area contributed by atoms with E-state index in [-0.39, 0.29) is 5.91 Å². The van der Waals surface area contributed by atoms with Gasteiger partial charge in [-0.25, -0.2) is 0 Å². The molecule has 0 unspecified atom stereocenters. The minimum Gasteiger partial charge on any atom is -0.343 e. The largest absolute Gasteiger partial charge is 0.416 e. The number of carbonyl (C=O) groups is 1. The van der Waals surface area contributed by atoms with E-state index in [1.807, 2.05) is 0 Å². The van der Waals surface area contributed by atoms with Crippen molar-refractivity contribution in [1.82, 2.24) is 5.32 Å². The molecule has 0 atom stereocenters. The van der Waals surface area contributed by atoms with Gasteiger partial charge >= 0.3 is 6.18 Å². The summed E-state index contributed by atoms with van der Waals surface area (Å²) in [6.45, 7) is 3.30. The van der Waals surface area contributed by atoms with Gasteiger partial charge in [-0.1, -0.05) is 18.7 Å². The molecule has 2 nitrogen and oxygen atoms in total. The van der Waals surface area contributed by atoms with Crippen LogP contribution in [0.5, 0.6) is 0 Å². The molecule has 1 aliphatic rings. The van der Waals surface area contributed by atoms with Crippen LogP contribution in [0.4, 0.5) is 13.2 Å². The third-order valence-corrected chi connectivity index (χ3v) is 3.11. The Kier molecular flexibility index (Phi) is 3.25. The first-order valence-electron chi connectivity index (χ1n) is 5.73. The fourth-order valence-electron chi connectivity index (χ4n) is 1.95. The minimum atomic E-state index is -4.34. The zero-order chi connectivity index (χ0) is 14.1. The van der Waals surface area contributed by atoms with E-state index in [0.29, 0.717) is 5.56 Å². The van der Waals surface area contributed by atoms with Gasteiger partial charge in [0.25, 0.3) is 5.91 Å². The van der Waals surface area contributed by atoms with Crippen molar-refractivity contribution in [3.8, 4) is 0 Å². The molecular formula is C14H12F3NO. The minimum absolute atomic E-state index is 0.340. The number of carbonyl (C=O) groups excluding carboxylic acids is 1. The summed E-state index contributed by atoms with van der Waals surface area (Å²) < 4.78 is 37.4. The molecule has 0 aromatic heterocycles. The SMILES string of the molecule is C=C=CC(=O)NC1(c2ccc(C(F)(F)F)cc2)CC1. The van der Waals surface area contributed by atoms with E-state index in [4.69, 9.17) is 0 Å². The van der Waals surface area contributed by atoms with Crippen LogP contribution in [0, 0.1) is 0 Å². The van der Waals surface area contributed by atoms with Gasteiger partial charge in [-0.2, -0.15) is 13.2 Å². The fraction of sp³-hybridized carbons (Fsp3) is 0.286. The lowest BCUT2D eigenvalue weighted by molar-refractivity contribution is -0.137. The summed E-state index contributed by atoms with van der Waals surface area (Å²) in [5.74, 6) is -0.340. The number of hydrogen-bond donors (Lipinski definition) is 1. The van der Waals surface area contributed by atoms with E-state index in [2.05, 4.69) is 17.6 Å². The van der Waals surface area contributed by atoms with Crippen LogP contribution in [0.25, 0.3) is 0 Å². The highest BCUT2D eigenvalue weighted by Crippen LogP contribution is 2.46. The van der Waals surface area contributed by atoms with Gasteiger partial charge < -0.3 is 5.32 Å². The zero-order valence-corrected chi connectivity index (χ0v) is 10.1. The number of rotatable bonds is 3. The lowest BCUT2D eigenvalue weighted by Crippen LogP contribution is -2.33. The molecule has 0 radical (unpaired) electrons. The van der Waals surface area contributed by atoms with E-state index in [1.54, 1.807) is 0 Å². The molecule has 1 fully saturated rings. The first-order chi connectivity index (χ1) is 8.87. The molecule has 0 aliphatic heterocycles. The third kappa shape index (κ3) is 2.88. The molecule has 1 aromatic rings. The van der Waals surface area contributed by atoms with Crippen LogP contribution in [-0.4, -0.2) is 5.91 Å². The van der Waals surface area contributed by atoms with Gasteiger partial charge in [-0.3, -0.25) is 4.79 Å². The highest BCUT2D eigenvalue weighted by Gasteiger charge is 2.45. The first-order valence-corrected chi connectivity index (χ1v) is 5.73. The van der Waals surface area contributed by atoms with Crippen molar-refractivity contribution < 1.29 is 18.0 Å². The molecule has 1 aliphatic carbocycles. The van der Waals surface area contributed by atoms with Gasteiger partial charge in [0.05, 0.1) is 11.1 Å². The number of amides is 1. The number of halogens is 3. The Labute approximate surface area is 108 Å². The summed E-state index contributed by atoms with van der Waals surface area (Å²) in [6.07, 6.45) is -1.74. The molecule has 1 amide bonds. The standard InChI is InChI=1S/C14H12F3NO/c1-2-3-12(19)18-13(8-9-13)10-4-6-11(7-5-10)14(15,16)17/h3-7H,1,8-9H2,(H,18,19). The van der Waals surface area contributed by atoms with Crippen LogP contribution in [0.1, 0.15) is 24.0 Å². The highest BCUT2D eigenvalue weighted by atomic mass is 19.4. The second-order valence-corrected chi connectivity index (χ2v) is 4.49. The summed E-state index contributed by atoms with van der Waals surface area (Å²) in [6, 6.07) is 4.89. The Bertz CT molecular complexity index is 535. The predicted octanol–water partition coefficient (Wildman–Crippen LogP) is 3.15. The highest BCUT2D eigenvalue weighted by molar-refractivity contribution is 5.88. The molecule has 2 rings (SSSR count). The average molecular weight is 267 g/mol. The van der Waals surface area contributed by atoms with E-state index < -0.39 is 17.3 Å². The third-order valence-electron chi connectivity index (χ3n) is 3.11. The number of alkyl halides is 3. The number of hydrogen-bond acceptors (Lipinski definition) is 1. The smallest absolute Gasteiger partial charge is 0.343 e. The molecule has 1 aromatic carbocycles. The molecular weight excluding hydrogens is 255 g/mol. The van der Waals surface area contributed by atoms with Crippen LogP contribution in [0.2, 0.25) is 0 Å². The monoisotopic (exact) mass is 267 g/mol. The average Bonchev–Trinajstić information content (AvgIpc) is 3.09. The van der Waals surface area contributed by atoms with Gasteiger partial charge in [0, 0.05) is 6.08 Å². The van der Waals surface area contributed by atoms with Crippen LogP contribution < -0.4 is 5.32 Å². The maximum Gasteiger partial charge on any atom is 0.416 e. The van der Waals surface area contributed by atoms with Crippen molar-refractivity contribution in [3.05, 3.63) is 53.8 Å². The Hall–Kier alpha value is -2.00. The normalized spacial score (nSPS) is 16.4. The summed E-state index contributed by atoms with van der Waals surface area (Å²) in [5.41, 5.74) is 1.83. The molecule has 19 heavy (non-hydrogen) atoms. The van der Waals surface area contributed by atoms with Gasteiger partial charge in [0.1, 0.15) is 0 Å². The molecule has 0 saturated heterocycles. The fourth-order valence-corrected chi connectivity index (χ4v) is 1.95. The van der Waals surface area contributed by atoms with Crippen LogP contribution >= 0.6 is 0 Å². The van der Waals surface area contributed by atoms with E-state index >= 15 is 0 Å². The quantitative estimate of drug-likeness (QED) is 0.661. The summed E-state index contributed by atoms with van der Waals surface area (Å²) >= 11 is 0. The first kappa shape index (κ1) is 13.4. The molecule has 0 heterocycles. The van der Waals surface area contributed by atoms with E-state index in [1.165, 1.54) is 18.2 Å². The summed E-state index contributed by atoms with van der Waals surface area (Å²) in [5, 5.41) is 2.76. The Morgan fingerprint density at radius 2 is 1.89 bits per heavy atom. The van der Waals surface area contributed by atoms with Gasteiger partial charge in [-0.05, 0) is 30.5 Å². The van der Waals surface area contributed by atoms with Gasteiger partial charge in [-0.15, -0.1) is 5.73 Å². The van der Waals surface area contributed by atoms with Crippen molar-refractivity contribution in [3.63, 3.8) is 0 Å². The van der Waals surface area contributed by atoms with Crippen LogP contribution in [-0.2, 0) is 16.5 Å². The molecule has 5 heteroatoms. The molecule has 0 bridgehead atoms. The van der Waals surface area contributed by atoms with Gasteiger partial charge in [0.15, 0.2) is 0 Å². The van der Waals surface area contributed by atoms with Crippen molar-refractivity contribution in [2.24, 2.45) is 0 Å². The van der Waals surface area contributed by atoms with Crippen LogP contribution in [0.3, 0.4) is 0 Å². The second kappa shape index (κ2) is 4.59. The molecule has 1 saturated carbocycles. The zero-order valence-electron chi connectivity index (χ0n) is 10.1. The Balaban J connectivity index is 2.18. The van der Waals surface area contributed by atoms with Gasteiger partial charge in [0.2, 0.25) is 0 Å². The number of nitrogens with one attached hydrogen (secondary N) is 1. The summed E-state index contributed by atoms with van der Waals surface area (Å²) in [4.78, 5) is 11.4. The second-order valence-electron chi connectivity index (χ2n) is 4.49. The van der Waals surface area contributed by atoms with Crippen molar-refractivity contribution in [2.45, 2.75) is 24.6 Å². The predicted molar refractivity (Wildman–Crippen MR) is 64.2 cm³/mol. The van der Waals surface area contributed by atoms with E-state index in [0.717, 1.165) is 25.0 Å². The van der Waals surface area contributed by atoms with Crippen molar-refractivity contribution in [1.29, 1.82) is 0 Å². The number of benzene rings is 1. The van der Waals surface area contributed by atoms with Crippen molar-refractivity contribution >= 4 is 5.91 Å². The Morgan fingerprint density at radius 3 is 2.32 bits per heavy atom. The maximum atomic E-state index is 12.5. The molecule has 0 spiro atoms. The topological polar surface area (TPSA) is 29.1 Å². The van der Waals surface area contributed by atoms with Crippen LogP contribution in [0.15, 0.2) is 42.7 Å². The summed E-state index contributed by atoms with van der Waals surface area (Å²) in [7, 11) is 0.